The minimum Gasteiger partial charge on any atom is -0.493 e. The van der Waals surface area contributed by atoms with Crippen LogP contribution in [-0.2, 0) is 9.59 Å². The van der Waals surface area contributed by atoms with Gasteiger partial charge < -0.3 is 14.7 Å². The van der Waals surface area contributed by atoms with Crippen LogP contribution in [0.15, 0.2) is 30.3 Å². The van der Waals surface area contributed by atoms with Crippen molar-refractivity contribution in [2.45, 2.75) is 24.8 Å². The van der Waals surface area contributed by atoms with Crippen molar-refractivity contribution in [1.82, 2.24) is 4.90 Å². The van der Waals surface area contributed by atoms with E-state index >= 15 is 0 Å². The number of carboxylic acid groups (broad SMARTS) is 1. The van der Waals surface area contributed by atoms with Gasteiger partial charge in [-0.2, -0.15) is 0 Å². The molecule has 0 aromatic heterocycles. The Labute approximate surface area is 121 Å². The summed E-state index contributed by atoms with van der Waals surface area (Å²) < 4.78 is 5.47. The van der Waals surface area contributed by atoms with E-state index in [0.717, 1.165) is 0 Å². The van der Waals surface area contributed by atoms with Crippen molar-refractivity contribution < 1.29 is 19.4 Å². The van der Waals surface area contributed by atoms with Crippen LogP contribution in [-0.4, -0.2) is 45.7 Å². The van der Waals surface area contributed by atoms with Crippen LogP contribution in [0, 0.1) is 0 Å². The molecule has 1 fully saturated rings. The Morgan fingerprint density at radius 3 is 2.75 bits per heavy atom. The van der Waals surface area contributed by atoms with Crippen molar-refractivity contribution in [2.75, 3.05) is 12.4 Å². The van der Waals surface area contributed by atoms with E-state index in [2.05, 4.69) is 0 Å². The molecule has 20 heavy (non-hydrogen) atoms. The highest BCUT2D eigenvalue weighted by Gasteiger charge is 2.38. The van der Waals surface area contributed by atoms with Gasteiger partial charge in [0.2, 0.25) is 5.91 Å². The molecule has 1 amide bonds. The number of carboxylic acids is 1. The van der Waals surface area contributed by atoms with Gasteiger partial charge in [-0.1, -0.05) is 18.2 Å². The Morgan fingerprint density at radius 2 is 2.10 bits per heavy atom. The third-order valence-corrected chi connectivity index (χ3v) is 4.34. The first-order valence-corrected chi connectivity index (χ1v) is 7.48. The topological polar surface area (TPSA) is 66.8 Å². The number of rotatable bonds is 5. The number of hydrogen-bond acceptors (Lipinski definition) is 4. The lowest BCUT2D eigenvalue weighted by atomic mass is 10.2. The highest BCUT2D eigenvalue weighted by atomic mass is 32.2. The second-order valence-electron chi connectivity index (χ2n) is 4.50. The fourth-order valence-corrected chi connectivity index (χ4v) is 3.30. The van der Waals surface area contributed by atoms with Crippen molar-refractivity contribution >= 4 is 23.6 Å². The number of nitrogens with zero attached hydrogens (tertiary/aromatic N) is 1. The highest BCUT2D eigenvalue weighted by molar-refractivity contribution is 8.00. The van der Waals surface area contributed by atoms with Gasteiger partial charge in [-0.25, -0.2) is 4.79 Å². The predicted molar refractivity (Wildman–Crippen MR) is 76.7 cm³/mol. The van der Waals surface area contributed by atoms with E-state index in [9.17, 15) is 9.59 Å². The number of carbonyl (C=O) groups excluding carboxylic acids is 1. The van der Waals surface area contributed by atoms with Gasteiger partial charge in [-0.3, -0.25) is 4.79 Å². The van der Waals surface area contributed by atoms with Gasteiger partial charge in [0.15, 0.2) is 0 Å². The SMILES string of the molecule is CC1SCC(C(=O)O)N1C(=O)CCOc1ccccc1. The number of aliphatic carboxylic acids is 1. The number of thioether (sulfide) groups is 1. The summed E-state index contributed by atoms with van der Waals surface area (Å²) in [6.07, 6.45) is 0.184. The van der Waals surface area contributed by atoms with Crippen molar-refractivity contribution in [3.8, 4) is 5.75 Å². The molecule has 2 unspecified atom stereocenters. The zero-order valence-corrected chi connectivity index (χ0v) is 12.0. The largest absolute Gasteiger partial charge is 0.493 e. The minimum absolute atomic E-state index is 0.0969. The van der Waals surface area contributed by atoms with Crippen molar-refractivity contribution in [1.29, 1.82) is 0 Å². The molecule has 108 valence electrons. The zero-order chi connectivity index (χ0) is 14.5. The summed E-state index contributed by atoms with van der Waals surface area (Å²) >= 11 is 1.48. The van der Waals surface area contributed by atoms with Crippen LogP contribution in [0.5, 0.6) is 5.75 Å². The van der Waals surface area contributed by atoms with Crippen molar-refractivity contribution in [2.24, 2.45) is 0 Å². The molecule has 6 heteroatoms. The van der Waals surface area contributed by atoms with Gasteiger partial charge in [0.25, 0.3) is 0 Å². The monoisotopic (exact) mass is 295 g/mol. The maximum absolute atomic E-state index is 12.1. The molecule has 1 N–H and O–H groups in total. The van der Waals surface area contributed by atoms with Gasteiger partial charge in [0, 0.05) is 5.75 Å². The molecule has 2 atom stereocenters. The number of para-hydroxylation sites is 1. The predicted octanol–water partition coefficient (Wildman–Crippen LogP) is 1.83. The standard InChI is InChI=1S/C14H17NO4S/c1-10-15(12(9-20-10)14(17)18)13(16)7-8-19-11-5-3-2-4-6-11/h2-6,10,12H,7-9H2,1H3,(H,17,18). The first kappa shape index (κ1) is 14.7. The molecule has 0 bridgehead atoms. The van der Waals surface area contributed by atoms with Crippen LogP contribution in [0.2, 0.25) is 0 Å². The van der Waals surface area contributed by atoms with Crippen LogP contribution in [0.4, 0.5) is 0 Å². The van der Waals surface area contributed by atoms with Gasteiger partial charge in [-0.15, -0.1) is 11.8 Å². The molecule has 0 aliphatic carbocycles. The maximum atomic E-state index is 12.1. The molecule has 5 nitrogen and oxygen atoms in total. The zero-order valence-electron chi connectivity index (χ0n) is 11.2. The fraction of sp³-hybridized carbons (Fsp3) is 0.429. The quantitative estimate of drug-likeness (QED) is 0.897. The second kappa shape index (κ2) is 6.65. The minimum atomic E-state index is -0.945. The summed E-state index contributed by atoms with van der Waals surface area (Å²) in [4.78, 5) is 24.7. The lowest BCUT2D eigenvalue weighted by Crippen LogP contribution is -2.45. The van der Waals surface area contributed by atoms with E-state index < -0.39 is 12.0 Å². The Morgan fingerprint density at radius 1 is 1.40 bits per heavy atom. The van der Waals surface area contributed by atoms with Crippen LogP contribution in [0.1, 0.15) is 13.3 Å². The Hall–Kier alpha value is -1.69. The smallest absolute Gasteiger partial charge is 0.327 e. The molecular formula is C14H17NO4S. The maximum Gasteiger partial charge on any atom is 0.327 e. The molecule has 1 heterocycles. The van der Waals surface area contributed by atoms with E-state index in [4.69, 9.17) is 9.84 Å². The first-order chi connectivity index (χ1) is 9.59. The van der Waals surface area contributed by atoms with Gasteiger partial charge in [0.05, 0.1) is 18.4 Å². The van der Waals surface area contributed by atoms with Crippen LogP contribution >= 0.6 is 11.8 Å². The molecule has 0 saturated carbocycles. The summed E-state index contributed by atoms with van der Waals surface area (Å²) in [7, 11) is 0. The molecule has 1 saturated heterocycles. The van der Waals surface area contributed by atoms with E-state index in [0.29, 0.717) is 11.5 Å². The molecular weight excluding hydrogens is 278 g/mol. The van der Waals surface area contributed by atoms with Gasteiger partial charge in [-0.05, 0) is 19.1 Å². The van der Waals surface area contributed by atoms with Crippen molar-refractivity contribution in [3.05, 3.63) is 30.3 Å². The Bertz CT molecular complexity index is 479. The lowest BCUT2D eigenvalue weighted by molar-refractivity contribution is -0.149. The molecule has 1 aromatic carbocycles. The first-order valence-electron chi connectivity index (χ1n) is 6.43. The number of ether oxygens (including phenoxy) is 1. The second-order valence-corrected chi connectivity index (χ2v) is 5.85. The fourth-order valence-electron chi connectivity index (χ4n) is 2.11. The molecule has 1 aromatic rings. The number of carbonyl (C=O) groups is 2. The van der Waals surface area contributed by atoms with E-state index in [1.165, 1.54) is 16.7 Å². The molecule has 2 rings (SSSR count). The summed E-state index contributed by atoms with van der Waals surface area (Å²) in [5, 5.41) is 9.02. The average Bonchev–Trinajstić information content (AvgIpc) is 2.82. The van der Waals surface area contributed by atoms with Crippen molar-refractivity contribution in [3.63, 3.8) is 0 Å². The summed E-state index contributed by atoms with van der Waals surface area (Å²) in [5.74, 6) is 0.0332. The third kappa shape index (κ3) is 3.45. The average molecular weight is 295 g/mol. The van der Waals surface area contributed by atoms with E-state index in [-0.39, 0.29) is 24.3 Å². The normalized spacial score (nSPS) is 21.8. The molecule has 0 radical (unpaired) electrons. The van der Waals surface area contributed by atoms with E-state index in [1.54, 1.807) is 0 Å². The summed E-state index contributed by atoms with van der Waals surface area (Å²) in [5.41, 5.74) is 0. The van der Waals surface area contributed by atoms with Gasteiger partial charge >= 0.3 is 5.97 Å². The molecule has 1 aliphatic rings. The molecule has 0 spiro atoms. The van der Waals surface area contributed by atoms with Crippen LogP contribution in [0.25, 0.3) is 0 Å². The Kier molecular flexibility index (Phi) is 4.89. The molecule has 1 aliphatic heterocycles. The number of amides is 1. The number of hydrogen-bond donors (Lipinski definition) is 1. The number of benzene rings is 1. The summed E-state index contributed by atoms with van der Waals surface area (Å²) in [6, 6.07) is 8.52. The highest BCUT2D eigenvalue weighted by Crippen LogP contribution is 2.29. The third-order valence-electron chi connectivity index (χ3n) is 3.12. The van der Waals surface area contributed by atoms with Crippen LogP contribution in [0.3, 0.4) is 0 Å². The van der Waals surface area contributed by atoms with E-state index in [1.807, 2.05) is 37.3 Å². The summed E-state index contributed by atoms with van der Waals surface area (Å²) in [6.45, 7) is 2.10. The Balaban J connectivity index is 1.86. The van der Waals surface area contributed by atoms with Crippen LogP contribution < -0.4 is 4.74 Å². The van der Waals surface area contributed by atoms with Gasteiger partial charge in [0.1, 0.15) is 11.8 Å². The lowest BCUT2D eigenvalue weighted by Gasteiger charge is -2.25.